The molecule has 0 atom stereocenters. The van der Waals surface area contributed by atoms with Crippen LogP contribution in [0.4, 0.5) is 19.2 Å². The quantitative estimate of drug-likeness (QED) is 0.0781. The lowest BCUT2D eigenvalue weighted by molar-refractivity contribution is -0.153. The van der Waals surface area contributed by atoms with Crippen molar-refractivity contribution in [2.75, 3.05) is 66.4 Å². The standard InChI is InChI=1S/C30H50N4O16/c1-5-9-23(35)43-19-47-27(39)31-13-15-33(29(41)49-21-45-25(37)11-7-3)17-18-34(30(42)50-22-46-26(38)12-8-4)16-14-32-28(40)48-20-44-24(36)10-6-2/h5-22H2,1-4H3,(H,31,39)(H,32,40). The van der Waals surface area contributed by atoms with E-state index in [4.69, 9.17) is 37.9 Å². The zero-order valence-corrected chi connectivity index (χ0v) is 29.2. The molecule has 0 saturated heterocycles. The average Bonchev–Trinajstić information content (AvgIpc) is 3.05. The molecule has 0 unspecified atom stereocenters. The Morgan fingerprint density at radius 1 is 0.400 bits per heavy atom. The Hall–Kier alpha value is -5.04. The maximum Gasteiger partial charge on any atom is 0.412 e. The zero-order chi connectivity index (χ0) is 37.6. The second kappa shape index (κ2) is 28.9. The van der Waals surface area contributed by atoms with Crippen molar-refractivity contribution in [1.29, 1.82) is 0 Å². The minimum atomic E-state index is -0.973. The lowest BCUT2D eigenvalue weighted by Crippen LogP contribution is -2.46. The number of nitrogens with one attached hydrogen (secondary N) is 2. The third kappa shape index (κ3) is 24.2. The lowest BCUT2D eigenvalue weighted by Gasteiger charge is -2.27. The topological polar surface area (TPSA) is 241 Å². The van der Waals surface area contributed by atoms with Crippen LogP contribution in [-0.4, -0.2) is 124 Å². The first kappa shape index (κ1) is 45.0. The van der Waals surface area contributed by atoms with Crippen LogP contribution in [0, 0.1) is 0 Å². The minimum absolute atomic E-state index is 0.109. The van der Waals surface area contributed by atoms with E-state index in [1.165, 1.54) is 0 Å². The highest BCUT2D eigenvalue weighted by Gasteiger charge is 2.22. The SMILES string of the molecule is CCCC(=O)OCOC(=O)NCCN(CCN(CCNC(=O)OCOC(=O)CCC)C(=O)OCOC(=O)CCC)C(=O)OCOC(=O)CCC. The summed E-state index contributed by atoms with van der Waals surface area (Å²) in [5.41, 5.74) is 0. The van der Waals surface area contributed by atoms with Crippen molar-refractivity contribution in [2.24, 2.45) is 0 Å². The lowest BCUT2D eigenvalue weighted by atomic mass is 10.3. The van der Waals surface area contributed by atoms with E-state index in [0.29, 0.717) is 25.7 Å². The number of amides is 4. The predicted octanol–water partition coefficient (Wildman–Crippen LogP) is 2.52. The van der Waals surface area contributed by atoms with Crippen LogP contribution < -0.4 is 10.6 Å². The van der Waals surface area contributed by atoms with Crippen molar-refractivity contribution in [1.82, 2.24) is 20.4 Å². The van der Waals surface area contributed by atoms with Gasteiger partial charge in [-0.25, -0.2) is 19.2 Å². The normalized spacial score (nSPS) is 10.1. The fourth-order valence-electron chi connectivity index (χ4n) is 3.39. The maximum atomic E-state index is 12.9. The van der Waals surface area contributed by atoms with E-state index in [9.17, 15) is 38.4 Å². The van der Waals surface area contributed by atoms with Gasteiger partial charge in [-0.2, -0.15) is 0 Å². The van der Waals surface area contributed by atoms with Gasteiger partial charge in [-0.05, 0) is 25.7 Å². The monoisotopic (exact) mass is 722 g/mol. The highest BCUT2D eigenvalue weighted by atomic mass is 16.7. The van der Waals surface area contributed by atoms with Crippen LogP contribution in [-0.2, 0) is 57.1 Å². The molecular weight excluding hydrogens is 672 g/mol. The summed E-state index contributed by atoms with van der Waals surface area (Å²) in [6.07, 6.45) is -1.18. The van der Waals surface area contributed by atoms with Crippen LogP contribution in [0.2, 0.25) is 0 Å². The number of rotatable bonds is 25. The van der Waals surface area contributed by atoms with Crippen molar-refractivity contribution >= 4 is 48.3 Å². The van der Waals surface area contributed by atoms with Gasteiger partial charge < -0.3 is 58.3 Å². The van der Waals surface area contributed by atoms with Crippen molar-refractivity contribution in [3.63, 3.8) is 0 Å². The number of nitrogens with zero attached hydrogens (tertiary/aromatic N) is 2. The number of hydrogen-bond acceptors (Lipinski definition) is 16. The van der Waals surface area contributed by atoms with E-state index in [2.05, 4.69) is 10.6 Å². The molecule has 4 amide bonds. The number of ether oxygens (including phenoxy) is 8. The van der Waals surface area contributed by atoms with E-state index in [-0.39, 0.29) is 65.0 Å². The molecule has 0 spiro atoms. The van der Waals surface area contributed by atoms with Crippen LogP contribution in [0.25, 0.3) is 0 Å². The van der Waals surface area contributed by atoms with Crippen LogP contribution >= 0.6 is 0 Å². The molecule has 0 aromatic rings. The molecule has 20 heteroatoms. The Morgan fingerprint density at radius 3 is 0.960 bits per heavy atom. The summed E-state index contributed by atoms with van der Waals surface area (Å²) in [5, 5.41) is 4.74. The molecule has 20 nitrogen and oxygen atoms in total. The van der Waals surface area contributed by atoms with Crippen molar-refractivity contribution < 1.29 is 76.3 Å². The van der Waals surface area contributed by atoms with E-state index in [0.717, 1.165) is 9.80 Å². The van der Waals surface area contributed by atoms with Gasteiger partial charge in [0.1, 0.15) is 0 Å². The minimum Gasteiger partial charge on any atom is -0.428 e. The van der Waals surface area contributed by atoms with Gasteiger partial charge in [-0.15, -0.1) is 0 Å². The highest BCUT2D eigenvalue weighted by Crippen LogP contribution is 2.02. The number of hydrogen-bond donors (Lipinski definition) is 2. The fourth-order valence-corrected chi connectivity index (χ4v) is 3.39. The molecule has 0 aliphatic rings. The molecule has 0 heterocycles. The van der Waals surface area contributed by atoms with Gasteiger partial charge in [0.05, 0.1) is 0 Å². The molecule has 0 rings (SSSR count). The average molecular weight is 723 g/mol. The van der Waals surface area contributed by atoms with E-state index in [1.807, 2.05) is 0 Å². The van der Waals surface area contributed by atoms with Gasteiger partial charge in [-0.3, -0.25) is 19.2 Å². The van der Waals surface area contributed by atoms with Gasteiger partial charge in [-0.1, -0.05) is 27.7 Å². The van der Waals surface area contributed by atoms with Gasteiger partial charge in [0.25, 0.3) is 0 Å². The predicted molar refractivity (Wildman–Crippen MR) is 169 cm³/mol. The van der Waals surface area contributed by atoms with Crippen molar-refractivity contribution in [3.8, 4) is 0 Å². The summed E-state index contributed by atoms with van der Waals surface area (Å²) in [6.45, 7) is 3.27. The molecule has 50 heavy (non-hydrogen) atoms. The first-order valence-corrected chi connectivity index (χ1v) is 16.2. The molecule has 0 aliphatic heterocycles. The summed E-state index contributed by atoms with van der Waals surface area (Å²) in [4.78, 5) is 98.0. The molecule has 0 aromatic carbocycles. The number of alkyl carbamates (subject to hydrolysis) is 2. The van der Waals surface area contributed by atoms with E-state index in [1.54, 1.807) is 27.7 Å². The first-order chi connectivity index (χ1) is 24.0. The number of carbonyl (C=O) groups excluding carboxylic acids is 8. The molecular formula is C30H50N4O16. The van der Waals surface area contributed by atoms with Crippen LogP contribution in [0.15, 0.2) is 0 Å². The van der Waals surface area contributed by atoms with Crippen LogP contribution in [0.1, 0.15) is 79.1 Å². The Bertz CT molecular complexity index is 992. The molecule has 0 aromatic heterocycles. The molecule has 2 N–H and O–H groups in total. The third-order valence-electron chi connectivity index (χ3n) is 5.90. The molecule has 0 aliphatic carbocycles. The Labute approximate surface area is 290 Å². The van der Waals surface area contributed by atoms with Crippen LogP contribution in [0.5, 0.6) is 0 Å². The van der Waals surface area contributed by atoms with Gasteiger partial charge in [0.15, 0.2) is 0 Å². The van der Waals surface area contributed by atoms with Crippen LogP contribution in [0.3, 0.4) is 0 Å². The smallest absolute Gasteiger partial charge is 0.412 e. The molecule has 0 fully saturated rings. The summed E-state index contributed by atoms with van der Waals surface area (Å²) in [6, 6.07) is 0. The number of esters is 4. The summed E-state index contributed by atoms with van der Waals surface area (Å²) < 4.78 is 38.8. The van der Waals surface area contributed by atoms with Gasteiger partial charge >= 0.3 is 48.3 Å². The molecule has 0 saturated carbocycles. The van der Waals surface area contributed by atoms with E-state index < -0.39 is 75.4 Å². The second-order valence-electron chi connectivity index (χ2n) is 10.0. The molecule has 0 bridgehead atoms. The summed E-state index contributed by atoms with van der Waals surface area (Å²) in [7, 11) is 0. The molecule has 0 radical (unpaired) electrons. The van der Waals surface area contributed by atoms with E-state index >= 15 is 0 Å². The number of carbonyl (C=O) groups is 8. The first-order valence-electron chi connectivity index (χ1n) is 16.2. The largest absolute Gasteiger partial charge is 0.428 e. The third-order valence-corrected chi connectivity index (χ3v) is 5.90. The molecule has 286 valence electrons. The van der Waals surface area contributed by atoms with Crippen molar-refractivity contribution in [2.45, 2.75) is 79.1 Å². The van der Waals surface area contributed by atoms with Gasteiger partial charge in [0.2, 0.25) is 27.2 Å². The Balaban J connectivity index is 5.39. The van der Waals surface area contributed by atoms with Gasteiger partial charge in [0, 0.05) is 65.0 Å². The second-order valence-corrected chi connectivity index (χ2v) is 10.0. The Morgan fingerprint density at radius 2 is 0.680 bits per heavy atom. The summed E-state index contributed by atoms with van der Waals surface area (Å²) >= 11 is 0. The summed E-state index contributed by atoms with van der Waals surface area (Å²) in [5.74, 6) is -2.27. The van der Waals surface area contributed by atoms with Crippen molar-refractivity contribution in [3.05, 3.63) is 0 Å². The zero-order valence-electron chi connectivity index (χ0n) is 29.2. The maximum absolute atomic E-state index is 12.9. The Kier molecular flexibility index (Phi) is 26.0. The highest BCUT2D eigenvalue weighted by molar-refractivity contribution is 5.72. The fraction of sp³-hybridized carbons (Fsp3) is 0.733.